The highest BCUT2D eigenvalue weighted by Crippen LogP contribution is 2.21. The number of ether oxygens (including phenoxy) is 2. The van der Waals surface area contributed by atoms with Gasteiger partial charge in [0.05, 0.1) is 31.8 Å². The largest absolute Gasteiger partial charge is 0.494 e. The molecule has 0 aromatic heterocycles. The Morgan fingerprint density at radius 2 is 2.25 bits per heavy atom. The lowest BCUT2D eigenvalue weighted by Crippen LogP contribution is -2.03. The van der Waals surface area contributed by atoms with Crippen molar-refractivity contribution in [2.75, 3.05) is 13.7 Å². The number of hydrogen-bond donors (Lipinski definition) is 0. The van der Waals surface area contributed by atoms with Gasteiger partial charge in [-0.25, -0.2) is 4.79 Å². The summed E-state index contributed by atoms with van der Waals surface area (Å²) in [5.41, 5.74) is 1.20. The third kappa shape index (κ3) is 2.74. The van der Waals surface area contributed by atoms with Crippen LogP contribution in [0.2, 0.25) is 0 Å². The fourth-order valence-corrected chi connectivity index (χ4v) is 1.32. The van der Waals surface area contributed by atoms with E-state index in [1.807, 2.05) is 13.0 Å². The van der Waals surface area contributed by atoms with Crippen LogP contribution in [0, 0.1) is 11.3 Å². The van der Waals surface area contributed by atoms with Gasteiger partial charge in [-0.05, 0) is 19.1 Å². The van der Waals surface area contributed by atoms with Crippen molar-refractivity contribution in [3.05, 3.63) is 29.3 Å². The van der Waals surface area contributed by atoms with Crippen LogP contribution in [0.3, 0.4) is 0 Å². The first-order valence-corrected chi connectivity index (χ1v) is 4.94. The van der Waals surface area contributed by atoms with Crippen molar-refractivity contribution in [2.45, 2.75) is 13.3 Å². The van der Waals surface area contributed by atoms with E-state index in [2.05, 4.69) is 4.74 Å². The average molecular weight is 219 g/mol. The molecule has 0 unspecified atom stereocenters. The Bertz CT molecular complexity index is 421. The smallest absolute Gasteiger partial charge is 0.337 e. The Hall–Kier alpha value is -2.02. The minimum atomic E-state index is -0.413. The molecule has 0 fully saturated rings. The van der Waals surface area contributed by atoms with E-state index in [0.29, 0.717) is 17.9 Å². The average Bonchev–Trinajstić information content (AvgIpc) is 2.31. The molecule has 0 aliphatic carbocycles. The quantitative estimate of drug-likeness (QED) is 0.726. The van der Waals surface area contributed by atoms with E-state index in [1.54, 1.807) is 18.2 Å². The first-order chi connectivity index (χ1) is 7.72. The highest BCUT2D eigenvalue weighted by molar-refractivity contribution is 5.89. The molecular formula is C12H13NO3. The van der Waals surface area contributed by atoms with Crippen LogP contribution in [0.4, 0.5) is 0 Å². The minimum absolute atomic E-state index is 0.261. The molecule has 0 heterocycles. The molecule has 0 atom stereocenters. The van der Waals surface area contributed by atoms with Gasteiger partial charge in [0.2, 0.25) is 0 Å². The van der Waals surface area contributed by atoms with Gasteiger partial charge in [0.1, 0.15) is 5.75 Å². The summed E-state index contributed by atoms with van der Waals surface area (Å²) in [6, 6.07) is 6.98. The SMILES string of the molecule is CCOc1cc(C(=O)OC)ccc1CC#N. The van der Waals surface area contributed by atoms with Crippen LogP contribution in [0.1, 0.15) is 22.8 Å². The first kappa shape index (κ1) is 12.1. The number of rotatable bonds is 4. The van der Waals surface area contributed by atoms with E-state index in [4.69, 9.17) is 10.00 Å². The van der Waals surface area contributed by atoms with E-state index in [-0.39, 0.29) is 6.42 Å². The molecular weight excluding hydrogens is 206 g/mol. The molecule has 0 amide bonds. The van der Waals surface area contributed by atoms with Crippen molar-refractivity contribution in [1.82, 2.24) is 0 Å². The standard InChI is InChI=1S/C12H13NO3/c1-3-16-11-8-10(12(14)15-2)5-4-9(11)6-7-13/h4-5,8H,3,6H2,1-2H3. The number of benzene rings is 1. The van der Waals surface area contributed by atoms with Crippen LogP contribution in [0.5, 0.6) is 5.75 Å². The number of nitriles is 1. The molecule has 1 aromatic carbocycles. The molecule has 0 N–H and O–H groups in total. The molecule has 0 saturated carbocycles. The topological polar surface area (TPSA) is 59.3 Å². The summed E-state index contributed by atoms with van der Waals surface area (Å²) in [5.74, 6) is 0.149. The normalized spacial score (nSPS) is 9.31. The monoisotopic (exact) mass is 219 g/mol. The van der Waals surface area contributed by atoms with Gasteiger partial charge in [-0.2, -0.15) is 5.26 Å². The van der Waals surface area contributed by atoms with Crippen LogP contribution in [0.15, 0.2) is 18.2 Å². The van der Waals surface area contributed by atoms with Crippen molar-refractivity contribution >= 4 is 5.97 Å². The van der Waals surface area contributed by atoms with Gasteiger partial charge in [-0.3, -0.25) is 0 Å². The van der Waals surface area contributed by atoms with Gasteiger partial charge in [-0.15, -0.1) is 0 Å². The molecule has 0 radical (unpaired) electrons. The number of nitrogens with zero attached hydrogens (tertiary/aromatic N) is 1. The van der Waals surface area contributed by atoms with Crippen molar-refractivity contribution in [3.8, 4) is 11.8 Å². The predicted molar refractivity (Wildman–Crippen MR) is 58.3 cm³/mol. The zero-order chi connectivity index (χ0) is 12.0. The molecule has 4 heteroatoms. The molecule has 1 rings (SSSR count). The lowest BCUT2D eigenvalue weighted by Gasteiger charge is -2.09. The maximum absolute atomic E-state index is 11.3. The molecule has 0 aliphatic heterocycles. The number of carbonyl (C=O) groups is 1. The van der Waals surface area contributed by atoms with E-state index in [0.717, 1.165) is 5.56 Å². The summed E-state index contributed by atoms with van der Waals surface area (Å²) < 4.78 is 9.98. The van der Waals surface area contributed by atoms with Crippen LogP contribution < -0.4 is 4.74 Å². The van der Waals surface area contributed by atoms with Gasteiger partial charge >= 0.3 is 5.97 Å². The molecule has 0 aliphatic rings. The van der Waals surface area contributed by atoms with Gasteiger partial charge < -0.3 is 9.47 Å². The molecule has 0 spiro atoms. The molecule has 0 bridgehead atoms. The van der Waals surface area contributed by atoms with Crippen LogP contribution in [0.25, 0.3) is 0 Å². The molecule has 1 aromatic rings. The Morgan fingerprint density at radius 3 is 2.81 bits per heavy atom. The maximum atomic E-state index is 11.3. The summed E-state index contributed by atoms with van der Waals surface area (Å²) >= 11 is 0. The third-order valence-electron chi connectivity index (χ3n) is 2.06. The van der Waals surface area contributed by atoms with E-state index in [9.17, 15) is 4.79 Å². The van der Waals surface area contributed by atoms with Gasteiger partial charge in [-0.1, -0.05) is 6.07 Å². The molecule has 16 heavy (non-hydrogen) atoms. The zero-order valence-corrected chi connectivity index (χ0v) is 9.32. The van der Waals surface area contributed by atoms with Crippen molar-refractivity contribution in [1.29, 1.82) is 5.26 Å². The highest BCUT2D eigenvalue weighted by Gasteiger charge is 2.10. The summed E-state index contributed by atoms with van der Waals surface area (Å²) in [6.45, 7) is 2.34. The van der Waals surface area contributed by atoms with Crippen molar-refractivity contribution in [3.63, 3.8) is 0 Å². The van der Waals surface area contributed by atoms with Crippen LogP contribution >= 0.6 is 0 Å². The Kier molecular flexibility index (Phi) is 4.34. The summed E-state index contributed by atoms with van der Waals surface area (Å²) in [6.07, 6.45) is 0.261. The van der Waals surface area contributed by atoms with Crippen molar-refractivity contribution < 1.29 is 14.3 Å². The highest BCUT2D eigenvalue weighted by atomic mass is 16.5. The van der Waals surface area contributed by atoms with E-state index in [1.165, 1.54) is 7.11 Å². The lowest BCUT2D eigenvalue weighted by atomic mass is 10.1. The minimum Gasteiger partial charge on any atom is -0.494 e. The van der Waals surface area contributed by atoms with Gasteiger partial charge in [0.25, 0.3) is 0 Å². The number of esters is 1. The second kappa shape index (κ2) is 5.76. The fourth-order valence-electron chi connectivity index (χ4n) is 1.32. The molecule has 0 saturated heterocycles. The van der Waals surface area contributed by atoms with E-state index < -0.39 is 5.97 Å². The Labute approximate surface area is 94.4 Å². The molecule has 84 valence electrons. The lowest BCUT2D eigenvalue weighted by molar-refractivity contribution is 0.0600. The predicted octanol–water partition coefficient (Wildman–Crippen LogP) is 1.94. The summed E-state index contributed by atoms with van der Waals surface area (Å²) in [4.78, 5) is 11.3. The summed E-state index contributed by atoms with van der Waals surface area (Å²) in [7, 11) is 1.33. The number of carbonyl (C=O) groups excluding carboxylic acids is 1. The second-order valence-electron chi connectivity index (χ2n) is 3.08. The van der Waals surface area contributed by atoms with E-state index >= 15 is 0 Å². The van der Waals surface area contributed by atoms with Crippen LogP contribution in [-0.4, -0.2) is 19.7 Å². The van der Waals surface area contributed by atoms with Crippen molar-refractivity contribution in [2.24, 2.45) is 0 Å². The number of hydrogen-bond acceptors (Lipinski definition) is 4. The first-order valence-electron chi connectivity index (χ1n) is 4.94. The maximum Gasteiger partial charge on any atom is 0.337 e. The fraction of sp³-hybridized carbons (Fsp3) is 0.333. The molecule has 4 nitrogen and oxygen atoms in total. The van der Waals surface area contributed by atoms with Crippen LogP contribution in [-0.2, 0) is 11.2 Å². The van der Waals surface area contributed by atoms with Gasteiger partial charge in [0.15, 0.2) is 0 Å². The Morgan fingerprint density at radius 1 is 1.50 bits per heavy atom. The summed E-state index contributed by atoms with van der Waals surface area (Å²) in [5, 5.41) is 8.64. The number of methoxy groups -OCH3 is 1. The Balaban J connectivity index is 3.07. The third-order valence-corrected chi connectivity index (χ3v) is 2.06. The van der Waals surface area contributed by atoms with Gasteiger partial charge in [0, 0.05) is 5.56 Å². The zero-order valence-electron chi connectivity index (χ0n) is 9.32. The second-order valence-corrected chi connectivity index (χ2v) is 3.08.